The highest BCUT2D eigenvalue weighted by atomic mass is 15.5. The van der Waals surface area contributed by atoms with Crippen molar-refractivity contribution in [3.63, 3.8) is 0 Å². The lowest BCUT2D eigenvalue weighted by Gasteiger charge is -2.04. The minimum atomic E-state index is 0.745. The molecule has 0 aliphatic rings. The maximum Gasteiger partial charge on any atom is 0.143 e. The first-order valence-electron chi connectivity index (χ1n) is 3.87. The Kier molecular flexibility index (Phi) is 1.70. The Hall–Kier alpha value is -1.91. The molecule has 5 heteroatoms. The maximum absolute atomic E-state index is 5.62. The maximum atomic E-state index is 5.62. The molecule has 2 N–H and O–H groups in total. The van der Waals surface area contributed by atoms with Crippen molar-refractivity contribution in [3.05, 3.63) is 30.1 Å². The number of aryl methyl sites for hydroxylation is 1. The van der Waals surface area contributed by atoms with Gasteiger partial charge < -0.3 is 5.73 Å². The molecule has 0 saturated carbocycles. The van der Waals surface area contributed by atoms with Gasteiger partial charge in [0.1, 0.15) is 6.33 Å². The van der Waals surface area contributed by atoms with Crippen molar-refractivity contribution in [2.75, 3.05) is 5.73 Å². The summed E-state index contributed by atoms with van der Waals surface area (Å²) in [6, 6.07) is 5.60. The molecular weight excluding hydrogens is 166 g/mol. The van der Waals surface area contributed by atoms with Crippen LogP contribution in [-0.2, 0) is 0 Å². The van der Waals surface area contributed by atoms with E-state index < -0.39 is 0 Å². The molecule has 2 aromatic rings. The average Bonchev–Trinajstić information content (AvgIpc) is 2.56. The van der Waals surface area contributed by atoms with E-state index in [0.717, 1.165) is 16.9 Å². The Morgan fingerprint density at radius 2 is 2.23 bits per heavy atom. The number of nitrogen functional groups attached to an aromatic ring is 1. The topological polar surface area (TPSA) is 69.6 Å². The van der Waals surface area contributed by atoms with Crippen molar-refractivity contribution in [3.8, 4) is 5.69 Å². The van der Waals surface area contributed by atoms with Gasteiger partial charge in [-0.25, -0.2) is 4.68 Å². The van der Waals surface area contributed by atoms with E-state index in [4.69, 9.17) is 5.73 Å². The zero-order chi connectivity index (χ0) is 9.26. The van der Waals surface area contributed by atoms with Gasteiger partial charge in [-0.1, -0.05) is 0 Å². The van der Waals surface area contributed by atoms with Crippen LogP contribution in [0.3, 0.4) is 0 Å². The van der Waals surface area contributed by atoms with Gasteiger partial charge in [0.15, 0.2) is 0 Å². The monoisotopic (exact) mass is 175 g/mol. The Morgan fingerprint density at radius 3 is 2.85 bits per heavy atom. The van der Waals surface area contributed by atoms with Gasteiger partial charge in [-0.15, -0.1) is 5.10 Å². The minimum absolute atomic E-state index is 0.745. The number of aromatic nitrogens is 4. The van der Waals surface area contributed by atoms with Crippen molar-refractivity contribution >= 4 is 5.69 Å². The lowest BCUT2D eigenvalue weighted by molar-refractivity contribution is 0.785. The van der Waals surface area contributed by atoms with Crippen LogP contribution >= 0.6 is 0 Å². The van der Waals surface area contributed by atoms with E-state index >= 15 is 0 Å². The third kappa shape index (κ3) is 1.35. The molecule has 0 aliphatic carbocycles. The molecule has 2 rings (SSSR count). The summed E-state index contributed by atoms with van der Waals surface area (Å²) < 4.78 is 1.61. The van der Waals surface area contributed by atoms with Gasteiger partial charge in [-0.2, -0.15) is 0 Å². The third-order valence-corrected chi connectivity index (χ3v) is 1.82. The van der Waals surface area contributed by atoms with Gasteiger partial charge in [0.25, 0.3) is 0 Å². The SMILES string of the molecule is Cc1cc(N)ccc1-n1cnnn1. The van der Waals surface area contributed by atoms with E-state index in [0.29, 0.717) is 0 Å². The fraction of sp³-hybridized carbons (Fsp3) is 0.125. The van der Waals surface area contributed by atoms with Crippen molar-refractivity contribution in [1.29, 1.82) is 0 Å². The summed E-state index contributed by atoms with van der Waals surface area (Å²) in [7, 11) is 0. The first kappa shape index (κ1) is 7.72. The number of hydrogen-bond acceptors (Lipinski definition) is 4. The van der Waals surface area contributed by atoms with Crippen LogP contribution in [0.5, 0.6) is 0 Å². The van der Waals surface area contributed by atoms with Crippen LogP contribution in [0, 0.1) is 6.92 Å². The van der Waals surface area contributed by atoms with E-state index in [1.54, 1.807) is 11.0 Å². The number of nitrogens with zero attached hydrogens (tertiary/aromatic N) is 4. The van der Waals surface area contributed by atoms with Crippen LogP contribution in [0.25, 0.3) is 5.69 Å². The standard InChI is InChI=1S/C8H9N5/c1-6-4-7(9)2-3-8(6)13-5-10-11-12-13/h2-5H,9H2,1H3. The number of hydrogen-bond donors (Lipinski definition) is 1. The normalized spacial score (nSPS) is 10.2. The number of tetrazole rings is 1. The van der Waals surface area contributed by atoms with Crippen LogP contribution in [0.2, 0.25) is 0 Å². The summed E-state index contributed by atoms with van der Waals surface area (Å²) in [6.45, 7) is 1.97. The molecule has 1 aromatic carbocycles. The summed E-state index contributed by atoms with van der Waals surface area (Å²) in [5.74, 6) is 0. The van der Waals surface area contributed by atoms with E-state index in [2.05, 4.69) is 15.5 Å². The van der Waals surface area contributed by atoms with Gasteiger partial charge >= 0.3 is 0 Å². The fourth-order valence-corrected chi connectivity index (χ4v) is 1.21. The lowest BCUT2D eigenvalue weighted by Crippen LogP contribution is -1.98. The van der Waals surface area contributed by atoms with E-state index in [-0.39, 0.29) is 0 Å². The summed E-state index contributed by atoms with van der Waals surface area (Å²) in [4.78, 5) is 0. The molecule has 0 radical (unpaired) electrons. The van der Waals surface area contributed by atoms with E-state index in [1.807, 2.05) is 25.1 Å². The second kappa shape index (κ2) is 2.85. The molecule has 0 saturated heterocycles. The second-order valence-electron chi connectivity index (χ2n) is 2.80. The Labute approximate surface area is 75.2 Å². The summed E-state index contributed by atoms with van der Waals surface area (Å²) >= 11 is 0. The zero-order valence-electron chi connectivity index (χ0n) is 7.18. The molecule has 0 amide bonds. The average molecular weight is 175 g/mol. The predicted octanol–water partition coefficient (Wildman–Crippen LogP) is 0.553. The Bertz CT molecular complexity index is 406. The zero-order valence-corrected chi connectivity index (χ0v) is 7.18. The smallest absolute Gasteiger partial charge is 0.143 e. The Morgan fingerprint density at radius 1 is 1.38 bits per heavy atom. The molecule has 66 valence electrons. The third-order valence-electron chi connectivity index (χ3n) is 1.82. The van der Waals surface area contributed by atoms with Crippen LogP contribution in [0.4, 0.5) is 5.69 Å². The molecule has 0 spiro atoms. The van der Waals surface area contributed by atoms with Gasteiger partial charge in [0.2, 0.25) is 0 Å². The number of rotatable bonds is 1. The summed E-state index contributed by atoms with van der Waals surface area (Å²) in [5.41, 5.74) is 8.36. The molecule has 0 unspecified atom stereocenters. The molecule has 5 nitrogen and oxygen atoms in total. The molecule has 0 bridgehead atoms. The molecule has 0 fully saturated rings. The van der Waals surface area contributed by atoms with E-state index in [1.165, 1.54) is 0 Å². The molecule has 0 atom stereocenters. The largest absolute Gasteiger partial charge is 0.399 e. The van der Waals surface area contributed by atoms with Crippen molar-refractivity contribution in [2.45, 2.75) is 6.92 Å². The van der Waals surface area contributed by atoms with Gasteiger partial charge in [-0.3, -0.25) is 0 Å². The van der Waals surface area contributed by atoms with Gasteiger partial charge in [-0.05, 0) is 41.1 Å². The molecule has 1 aromatic heterocycles. The van der Waals surface area contributed by atoms with Gasteiger partial charge in [0.05, 0.1) is 5.69 Å². The highest BCUT2D eigenvalue weighted by Crippen LogP contribution is 2.14. The van der Waals surface area contributed by atoms with Crippen molar-refractivity contribution < 1.29 is 0 Å². The first-order valence-corrected chi connectivity index (χ1v) is 3.87. The minimum Gasteiger partial charge on any atom is -0.399 e. The number of nitrogens with two attached hydrogens (primary N) is 1. The lowest BCUT2D eigenvalue weighted by atomic mass is 10.2. The summed E-state index contributed by atoms with van der Waals surface area (Å²) in [5, 5.41) is 10.9. The molecule has 13 heavy (non-hydrogen) atoms. The Balaban J connectivity index is 2.53. The highest BCUT2D eigenvalue weighted by molar-refractivity contribution is 5.50. The fourth-order valence-electron chi connectivity index (χ4n) is 1.21. The first-order chi connectivity index (χ1) is 6.27. The van der Waals surface area contributed by atoms with Crippen LogP contribution in [0.15, 0.2) is 24.5 Å². The van der Waals surface area contributed by atoms with Crippen LogP contribution in [0.1, 0.15) is 5.56 Å². The van der Waals surface area contributed by atoms with Gasteiger partial charge in [0, 0.05) is 5.69 Å². The van der Waals surface area contributed by atoms with E-state index in [9.17, 15) is 0 Å². The molecule has 1 heterocycles. The quantitative estimate of drug-likeness (QED) is 0.642. The summed E-state index contributed by atoms with van der Waals surface area (Å²) in [6.07, 6.45) is 1.55. The number of anilines is 1. The number of benzene rings is 1. The predicted molar refractivity (Wildman–Crippen MR) is 48.3 cm³/mol. The van der Waals surface area contributed by atoms with Crippen LogP contribution < -0.4 is 5.73 Å². The van der Waals surface area contributed by atoms with Crippen molar-refractivity contribution in [2.24, 2.45) is 0 Å². The highest BCUT2D eigenvalue weighted by Gasteiger charge is 2.01. The van der Waals surface area contributed by atoms with Crippen molar-refractivity contribution in [1.82, 2.24) is 20.2 Å². The molecular formula is C8H9N5. The second-order valence-corrected chi connectivity index (χ2v) is 2.80. The van der Waals surface area contributed by atoms with Crippen LogP contribution in [-0.4, -0.2) is 20.2 Å². The molecule has 0 aliphatic heterocycles.